The SMILES string of the molecule is O=S(=O)(Nc1ccc(F)c(C(F)(F)F)c1)c1ccc(F)cc1F. The number of hydrogen-bond donors (Lipinski definition) is 1. The van der Waals surface area contributed by atoms with Gasteiger partial charge in [0.2, 0.25) is 0 Å². The molecule has 0 radical (unpaired) electrons. The zero-order chi connectivity index (χ0) is 17.4. The second-order valence-corrected chi connectivity index (χ2v) is 6.02. The molecule has 23 heavy (non-hydrogen) atoms. The second kappa shape index (κ2) is 5.76. The summed E-state index contributed by atoms with van der Waals surface area (Å²) >= 11 is 0. The Morgan fingerprint density at radius 1 is 0.870 bits per heavy atom. The van der Waals surface area contributed by atoms with Gasteiger partial charge in [0.05, 0.1) is 5.56 Å². The van der Waals surface area contributed by atoms with E-state index < -0.39 is 49.8 Å². The highest BCUT2D eigenvalue weighted by Gasteiger charge is 2.34. The monoisotopic (exact) mass is 355 g/mol. The molecule has 0 aliphatic rings. The van der Waals surface area contributed by atoms with Crippen molar-refractivity contribution in [1.29, 1.82) is 0 Å². The number of rotatable bonds is 3. The van der Waals surface area contributed by atoms with Crippen molar-refractivity contribution in [3.63, 3.8) is 0 Å². The van der Waals surface area contributed by atoms with Gasteiger partial charge in [-0.3, -0.25) is 4.72 Å². The molecule has 0 spiro atoms. The summed E-state index contributed by atoms with van der Waals surface area (Å²) in [4.78, 5) is -0.961. The Balaban J connectivity index is 2.42. The van der Waals surface area contributed by atoms with E-state index >= 15 is 0 Å². The maximum absolute atomic E-state index is 13.5. The average Bonchev–Trinajstić information content (AvgIpc) is 2.39. The maximum atomic E-state index is 13.5. The number of benzene rings is 2. The molecular weight excluding hydrogens is 348 g/mol. The quantitative estimate of drug-likeness (QED) is 0.849. The van der Waals surface area contributed by atoms with Crippen LogP contribution in [0.4, 0.5) is 32.0 Å². The standard InChI is InChI=1S/C13H7F6NO2S/c14-7-1-4-12(11(16)5-7)23(21,22)20-8-2-3-10(15)9(6-8)13(17,18)19/h1-6,20H. The number of alkyl halides is 3. The summed E-state index contributed by atoms with van der Waals surface area (Å²) in [6.45, 7) is 0. The normalized spacial score (nSPS) is 12.3. The maximum Gasteiger partial charge on any atom is 0.419 e. The molecular formula is C13H7F6NO2S. The minimum absolute atomic E-state index is 0.230. The first-order valence-electron chi connectivity index (χ1n) is 5.85. The van der Waals surface area contributed by atoms with Crippen molar-refractivity contribution in [2.45, 2.75) is 11.1 Å². The molecule has 0 unspecified atom stereocenters. The summed E-state index contributed by atoms with van der Waals surface area (Å²) in [6, 6.07) is 2.98. The van der Waals surface area contributed by atoms with E-state index in [1.54, 1.807) is 4.72 Å². The average molecular weight is 355 g/mol. The highest BCUT2D eigenvalue weighted by atomic mass is 32.2. The molecule has 0 saturated heterocycles. The van der Waals surface area contributed by atoms with Gasteiger partial charge >= 0.3 is 6.18 Å². The van der Waals surface area contributed by atoms with Crippen LogP contribution in [0.25, 0.3) is 0 Å². The highest BCUT2D eigenvalue weighted by Crippen LogP contribution is 2.33. The van der Waals surface area contributed by atoms with Gasteiger partial charge in [-0.15, -0.1) is 0 Å². The van der Waals surface area contributed by atoms with Gasteiger partial charge in [-0.25, -0.2) is 21.6 Å². The Morgan fingerprint density at radius 2 is 1.52 bits per heavy atom. The molecule has 2 aromatic carbocycles. The summed E-state index contributed by atoms with van der Waals surface area (Å²) in [5.74, 6) is -4.04. The fourth-order valence-electron chi connectivity index (χ4n) is 1.71. The Morgan fingerprint density at radius 3 is 2.09 bits per heavy atom. The molecule has 124 valence electrons. The van der Waals surface area contributed by atoms with Crippen LogP contribution in [0, 0.1) is 17.5 Å². The molecule has 2 rings (SSSR count). The number of nitrogens with one attached hydrogen (secondary N) is 1. The van der Waals surface area contributed by atoms with Crippen molar-refractivity contribution in [3.05, 3.63) is 59.4 Å². The van der Waals surface area contributed by atoms with E-state index in [0.717, 1.165) is 6.07 Å². The third-order valence-electron chi connectivity index (χ3n) is 2.71. The Hall–Kier alpha value is -2.23. The Bertz CT molecular complexity index is 848. The largest absolute Gasteiger partial charge is 0.419 e. The molecule has 10 heteroatoms. The van der Waals surface area contributed by atoms with Crippen LogP contribution in [0.1, 0.15) is 5.56 Å². The number of sulfonamides is 1. The second-order valence-electron chi connectivity index (χ2n) is 4.37. The summed E-state index contributed by atoms with van der Waals surface area (Å²) in [5.41, 5.74) is -2.31. The van der Waals surface area contributed by atoms with E-state index in [4.69, 9.17) is 0 Å². The van der Waals surface area contributed by atoms with E-state index in [1.165, 1.54) is 0 Å². The Labute approximate surface area is 126 Å². The van der Waals surface area contributed by atoms with Crippen molar-refractivity contribution in [2.24, 2.45) is 0 Å². The summed E-state index contributed by atoms with van der Waals surface area (Å²) < 4.78 is 103. The Kier molecular flexibility index (Phi) is 4.29. The molecule has 0 saturated carbocycles. The molecule has 0 aliphatic carbocycles. The van der Waals surface area contributed by atoms with Gasteiger partial charge in [0.25, 0.3) is 10.0 Å². The molecule has 0 amide bonds. The molecule has 0 atom stereocenters. The topological polar surface area (TPSA) is 46.2 Å². The first-order valence-corrected chi connectivity index (χ1v) is 7.33. The first kappa shape index (κ1) is 17.1. The molecule has 3 nitrogen and oxygen atoms in total. The van der Waals surface area contributed by atoms with Crippen LogP contribution >= 0.6 is 0 Å². The minimum atomic E-state index is -5.04. The molecule has 1 N–H and O–H groups in total. The van der Waals surface area contributed by atoms with E-state index in [2.05, 4.69) is 0 Å². The first-order chi connectivity index (χ1) is 10.5. The molecule has 0 aromatic heterocycles. The molecule has 0 heterocycles. The van der Waals surface area contributed by atoms with Gasteiger partial charge in [-0.05, 0) is 30.3 Å². The van der Waals surface area contributed by atoms with Crippen LogP contribution in [-0.4, -0.2) is 8.42 Å². The van der Waals surface area contributed by atoms with Crippen molar-refractivity contribution >= 4 is 15.7 Å². The van der Waals surface area contributed by atoms with Crippen LogP contribution in [0.5, 0.6) is 0 Å². The molecule has 0 bridgehead atoms. The van der Waals surface area contributed by atoms with Crippen LogP contribution in [-0.2, 0) is 16.2 Å². The highest BCUT2D eigenvalue weighted by molar-refractivity contribution is 7.92. The predicted molar refractivity (Wildman–Crippen MR) is 68.6 cm³/mol. The predicted octanol–water partition coefficient (Wildman–Crippen LogP) is 3.92. The zero-order valence-electron chi connectivity index (χ0n) is 11.0. The van der Waals surface area contributed by atoms with Crippen molar-refractivity contribution < 1.29 is 34.8 Å². The van der Waals surface area contributed by atoms with Gasteiger partial charge in [-0.1, -0.05) is 0 Å². The number of anilines is 1. The van der Waals surface area contributed by atoms with Crippen LogP contribution in [0.15, 0.2) is 41.3 Å². The lowest BCUT2D eigenvalue weighted by Gasteiger charge is -2.12. The third-order valence-corrected chi connectivity index (χ3v) is 4.12. The lowest BCUT2D eigenvalue weighted by atomic mass is 10.2. The van der Waals surface area contributed by atoms with Crippen molar-refractivity contribution in [1.82, 2.24) is 0 Å². The van der Waals surface area contributed by atoms with Gasteiger partial charge in [0, 0.05) is 11.8 Å². The van der Waals surface area contributed by atoms with Gasteiger partial charge in [0.15, 0.2) is 0 Å². The minimum Gasteiger partial charge on any atom is -0.280 e. The van der Waals surface area contributed by atoms with E-state index in [9.17, 15) is 34.8 Å². The number of hydrogen-bond acceptors (Lipinski definition) is 2. The fourth-order valence-corrected chi connectivity index (χ4v) is 2.82. The van der Waals surface area contributed by atoms with E-state index in [1.807, 2.05) is 0 Å². The zero-order valence-corrected chi connectivity index (χ0v) is 11.8. The van der Waals surface area contributed by atoms with Crippen LogP contribution < -0.4 is 4.72 Å². The molecule has 0 fully saturated rings. The molecule has 0 aliphatic heterocycles. The summed E-state index contributed by atoms with van der Waals surface area (Å²) in [7, 11) is -4.62. The lowest BCUT2D eigenvalue weighted by molar-refractivity contribution is -0.139. The lowest BCUT2D eigenvalue weighted by Crippen LogP contribution is -2.16. The molecule has 2 aromatic rings. The smallest absolute Gasteiger partial charge is 0.280 e. The number of halogens is 6. The third kappa shape index (κ3) is 3.76. The summed E-state index contributed by atoms with van der Waals surface area (Å²) in [6.07, 6.45) is -5.04. The van der Waals surface area contributed by atoms with Crippen LogP contribution in [0.2, 0.25) is 0 Å². The van der Waals surface area contributed by atoms with Gasteiger partial charge in [-0.2, -0.15) is 13.2 Å². The fraction of sp³-hybridized carbons (Fsp3) is 0.0769. The summed E-state index contributed by atoms with van der Waals surface area (Å²) in [5, 5.41) is 0. The van der Waals surface area contributed by atoms with Crippen LogP contribution in [0.3, 0.4) is 0 Å². The van der Waals surface area contributed by atoms with E-state index in [0.29, 0.717) is 24.3 Å². The van der Waals surface area contributed by atoms with E-state index in [-0.39, 0.29) is 6.07 Å². The van der Waals surface area contributed by atoms with Gasteiger partial charge < -0.3 is 0 Å². The van der Waals surface area contributed by atoms with Crippen molar-refractivity contribution in [3.8, 4) is 0 Å². The van der Waals surface area contributed by atoms with Gasteiger partial charge in [0.1, 0.15) is 22.3 Å². The van der Waals surface area contributed by atoms with Crippen molar-refractivity contribution in [2.75, 3.05) is 4.72 Å².